The molecular formula is C15H10F6O2. The third kappa shape index (κ3) is 3.52. The molecule has 23 heavy (non-hydrogen) atoms. The summed E-state index contributed by atoms with van der Waals surface area (Å²) in [7, 11) is 0. The first-order valence-corrected chi connectivity index (χ1v) is 6.27. The maximum Gasteiger partial charge on any atom is 0.485 e. The molecule has 0 spiro atoms. The van der Waals surface area contributed by atoms with E-state index in [0.29, 0.717) is 0 Å². The first kappa shape index (κ1) is 17.0. The van der Waals surface area contributed by atoms with Crippen molar-refractivity contribution < 1.29 is 35.8 Å². The number of para-hydroxylation sites is 2. The van der Waals surface area contributed by atoms with Crippen molar-refractivity contribution in [1.29, 1.82) is 0 Å². The van der Waals surface area contributed by atoms with Gasteiger partial charge in [-0.25, -0.2) is 0 Å². The lowest BCUT2D eigenvalue weighted by molar-refractivity contribution is -0.417. The van der Waals surface area contributed by atoms with Gasteiger partial charge in [0, 0.05) is 0 Å². The molecule has 0 aliphatic carbocycles. The van der Waals surface area contributed by atoms with Gasteiger partial charge in [0.2, 0.25) is 0 Å². The van der Waals surface area contributed by atoms with Gasteiger partial charge >= 0.3 is 18.1 Å². The highest BCUT2D eigenvalue weighted by atomic mass is 19.4. The molecule has 0 aliphatic rings. The Morgan fingerprint density at radius 1 is 0.565 bits per heavy atom. The zero-order chi connectivity index (χ0) is 17.1. The van der Waals surface area contributed by atoms with Crippen LogP contribution in [0.2, 0.25) is 0 Å². The second-order valence-electron chi connectivity index (χ2n) is 4.44. The van der Waals surface area contributed by atoms with Gasteiger partial charge in [-0.1, -0.05) is 36.4 Å². The van der Waals surface area contributed by atoms with Crippen LogP contribution in [0.5, 0.6) is 11.5 Å². The lowest BCUT2D eigenvalue weighted by Gasteiger charge is -2.33. The first-order valence-electron chi connectivity index (χ1n) is 6.27. The van der Waals surface area contributed by atoms with Crippen LogP contribution >= 0.6 is 0 Å². The number of hydrogen-bond acceptors (Lipinski definition) is 2. The fourth-order valence-electron chi connectivity index (χ4n) is 1.60. The van der Waals surface area contributed by atoms with E-state index in [-0.39, 0.29) is 0 Å². The maximum atomic E-state index is 14.5. The standard InChI is InChI=1S/C15H10F6O2/c16-13(17,14(18,19)20)15(21,22-11-7-3-1-4-8-11)23-12-9-5-2-6-10-12/h1-10H. The molecule has 2 aromatic rings. The summed E-state index contributed by atoms with van der Waals surface area (Å²) in [5.41, 5.74) is 0. The second-order valence-corrected chi connectivity index (χ2v) is 4.44. The molecule has 0 atom stereocenters. The maximum absolute atomic E-state index is 14.5. The minimum absolute atomic E-state index is 0.546. The molecule has 0 unspecified atom stereocenters. The van der Waals surface area contributed by atoms with Crippen LogP contribution in [0.15, 0.2) is 60.7 Å². The average Bonchev–Trinajstić information content (AvgIpc) is 2.48. The van der Waals surface area contributed by atoms with Crippen LogP contribution in [0.25, 0.3) is 0 Å². The Balaban J connectivity index is 2.41. The van der Waals surface area contributed by atoms with Crippen LogP contribution < -0.4 is 9.47 Å². The molecule has 0 N–H and O–H groups in total. The lowest BCUT2D eigenvalue weighted by Crippen LogP contribution is -2.61. The number of alkyl halides is 6. The van der Waals surface area contributed by atoms with Crippen LogP contribution in [-0.4, -0.2) is 18.1 Å². The van der Waals surface area contributed by atoms with Gasteiger partial charge in [0.25, 0.3) is 0 Å². The van der Waals surface area contributed by atoms with E-state index in [2.05, 4.69) is 9.47 Å². The number of benzene rings is 2. The molecule has 0 aromatic heterocycles. The SMILES string of the molecule is FC(F)(F)C(F)(F)C(F)(Oc1ccccc1)Oc1ccccc1. The van der Waals surface area contributed by atoms with Crippen molar-refractivity contribution in [1.82, 2.24) is 0 Å². The lowest BCUT2D eigenvalue weighted by atomic mass is 10.2. The third-order valence-electron chi connectivity index (χ3n) is 2.72. The Labute approximate surface area is 127 Å². The summed E-state index contributed by atoms with van der Waals surface area (Å²) in [5.74, 6) is -7.00. The van der Waals surface area contributed by atoms with Gasteiger partial charge in [0.1, 0.15) is 11.5 Å². The second kappa shape index (κ2) is 6.02. The van der Waals surface area contributed by atoms with Crippen LogP contribution in [-0.2, 0) is 0 Å². The van der Waals surface area contributed by atoms with E-state index in [1.165, 1.54) is 36.4 Å². The molecule has 0 aliphatic heterocycles. The molecule has 0 amide bonds. The number of rotatable bonds is 5. The van der Waals surface area contributed by atoms with Crippen LogP contribution in [0.1, 0.15) is 0 Å². The van der Waals surface area contributed by atoms with Crippen molar-refractivity contribution in [3.63, 3.8) is 0 Å². The highest BCUT2D eigenvalue weighted by Gasteiger charge is 2.77. The zero-order valence-electron chi connectivity index (χ0n) is 11.4. The highest BCUT2D eigenvalue weighted by molar-refractivity contribution is 5.24. The Bertz CT molecular complexity index is 586. The van der Waals surface area contributed by atoms with E-state index in [1.54, 1.807) is 0 Å². The van der Waals surface area contributed by atoms with E-state index in [1.807, 2.05) is 0 Å². The molecule has 2 rings (SSSR count). The normalized spacial score (nSPS) is 12.8. The Hall–Kier alpha value is -2.38. The van der Waals surface area contributed by atoms with Crippen molar-refractivity contribution in [3.8, 4) is 11.5 Å². The molecule has 0 saturated carbocycles. The number of halogens is 6. The molecule has 0 saturated heterocycles. The third-order valence-corrected chi connectivity index (χ3v) is 2.72. The van der Waals surface area contributed by atoms with Gasteiger partial charge in [-0.2, -0.15) is 26.3 Å². The molecule has 0 radical (unpaired) electrons. The first-order chi connectivity index (χ1) is 10.7. The number of ether oxygens (including phenoxy) is 2. The van der Waals surface area contributed by atoms with Gasteiger partial charge in [-0.05, 0) is 24.3 Å². The smallest absolute Gasteiger partial charge is 0.422 e. The van der Waals surface area contributed by atoms with E-state index < -0.39 is 29.6 Å². The molecule has 0 bridgehead atoms. The van der Waals surface area contributed by atoms with Gasteiger partial charge in [0.05, 0.1) is 0 Å². The molecule has 124 valence electrons. The van der Waals surface area contributed by atoms with Crippen molar-refractivity contribution >= 4 is 0 Å². The Kier molecular flexibility index (Phi) is 4.44. The van der Waals surface area contributed by atoms with Crippen LogP contribution in [0, 0.1) is 0 Å². The fraction of sp³-hybridized carbons (Fsp3) is 0.200. The van der Waals surface area contributed by atoms with Crippen molar-refractivity contribution in [3.05, 3.63) is 60.7 Å². The summed E-state index contributed by atoms with van der Waals surface area (Å²) < 4.78 is 88.0. The summed E-state index contributed by atoms with van der Waals surface area (Å²) in [6, 6.07) is 7.35. The van der Waals surface area contributed by atoms with Gasteiger partial charge < -0.3 is 9.47 Å². The minimum atomic E-state index is -6.22. The van der Waals surface area contributed by atoms with E-state index in [4.69, 9.17) is 0 Å². The quantitative estimate of drug-likeness (QED) is 0.567. The summed E-state index contributed by atoms with van der Waals surface area (Å²) in [4.78, 5) is 0. The number of hydrogen-bond donors (Lipinski definition) is 0. The molecule has 0 heterocycles. The summed E-state index contributed by atoms with van der Waals surface area (Å²) in [5, 5.41) is 0. The molecule has 0 fully saturated rings. The van der Waals surface area contributed by atoms with Crippen LogP contribution in [0.3, 0.4) is 0 Å². The van der Waals surface area contributed by atoms with Gasteiger partial charge in [-0.15, -0.1) is 0 Å². The molecule has 2 aromatic carbocycles. The van der Waals surface area contributed by atoms with Gasteiger partial charge in [-0.3, -0.25) is 0 Å². The molecule has 2 nitrogen and oxygen atoms in total. The van der Waals surface area contributed by atoms with E-state index in [9.17, 15) is 26.3 Å². The monoisotopic (exact) mass is 336 g/mol. The fourth-order valence-corrected chi connectivity index (χ4v) is 1.60. The average molecular weight is 336 g/mol. The largest absolute Gasteiger partial charge is 0.485 e. The predicted molar refractivity (Wildman–Crippen MR) is 69.0 cm³/mol. The van der Waals surface area contributed by atoms with Crippen molar-refractivity contribution in [2.45, 2.75) is 18.1 Å². The Morgan fingerprint density at radius 2 is 0.913 bits per heavy atom. The topological polar surface area (TPSA) is 18.5 Å². The van der Waals surface area contributed by atoms with Crippen molar-refractivity contribution in [2.75, 3.05) is 0 Å². The zero-order valence-corrected chi connectivity index (χ0v) is 11.4. The Morgan fingerprint density at radius 3 is 1.22 bits per heavy atom. The minimum Gasteiger partial charge on any atom is -0.422 e. The predicted octanol–water partition coefficient (Wildman–Crippen LogP) is 4.97. The summed E-state index contributed by atoms with van der Waals surface area (Å²) in [6.07, 6.45) is -6.22. The van der Waals surface area contributed by atoms with Crippen molar-refractivity contribution in [2.24, 2.45) is 0 Å². The summed E-state index contributed by atoms with van der Waals surface area (Å²) >= 11 is 0. The van der Waals surface area contributed by atoms with E-state index in [0.717, 1.165) is 24.3 Å². The molecular weight excluding hydrogens is 326 g/mol. The van der Waals surface area contributed by atoms with Gasteiger partial charge in [0.15, 0.2) is 0 Å². The summed E-state index contributed by atoms with van der Waals surface area (Å²) in [6.45, 7) is 0. The van der Waals surface area contributed by atoms with E-state index >= 15 is 0 Å². The van der Waals surface area contributed by atoms with Crippen LogP contribution in [0.4, 0.5) is 26.3 Å². The highest BCUT2D eigenvalue weighted by Crippen LogP contribution is 2.47. The molecule has 8 heteroatoms.